The summed E-state index contributed by atoms with van der Waals surface area (Å²) in [5.41, 5.74) is 0.930. The van der Waals surface area contributed by atoms with Crippen molar-refractivity contribution in [1.82, 2.24) is 20.1 Å². The van der Waals surface area contributed by atoms with E-state index in [0.29, 0.717) is 18.8 Å². The Morgan fingerprint density at radius 3 is 2.63 bits per heavy atom. The Labute approximate surface area is 111 Å². The van der Waals surface area contributed by atoms with Crippen molar-refractivity contribution in [1.29, 1.82) is 0 Å². The summed E-state index contributed by atoms with van der Waals surface area (Å²) < 4.78 is 0. The number of aromatic hydroxyl groups is 1. The zero-order valence-corrected chi connectivity index (χ0v) is 10.9. The van der Waals surface area contributed by atoms with Gasteiger partial charge in [-0.05, 0) is 17.7 Å². The standard InChI is InChI=1S/C13H16N4O2/c1-3-11-14-12(16-15-11)13(19)17(2)8-9-4-6-10(18)7-5-9/h4-7,18H,3,8H2,1-2H3,(H,14,15,16). The van der Waals surface area contributed by atoms with Crippen LogP contribution in [-0.4, -0.2) is 38.1 Å². The average Bonchev–Trinajstić information content (AvgIpc) is 2.89. The number of aryl methyl sites for hydroxylation is 1. The van der Waals surface area contributed by atoms with E-state index < -0.39 is 0 Å². The smallest absolute Gasteiger partial charge is 0.293 e. The van der Waals surface area contributed by atoms with Crippen molar-refractivity contribution in [3.8, 4) is 5.75 Å². The minimum Gasteiger partial charge on any atom is -0.508 e. The Kier molecular flexibility index (Phi) is 3.79. The van der Waals surface area contributed by atoms with Crippen LogP contribution in [0.5, 0.6) is 5.75 Å². The molecule has 0 unspecified atom stereocenters. The van der Waals surface area contributed by atoms with E-state index in [-0.39, 0.29) is 17.5 Å². The van der Waals surface area contributed by atoms with E-state index in [9.17, 15) is 9.90 Å². The summed E-state index contributed by atoms with van der Waals surface area (Å²) in [6.45, 7) is 2.38. The first-order chi connectivity index (χ1) is 9.10. The van der Waals surface area contributed by atoms with Gasteiger partial charge in [-0.3, -0.25) is 9.89 Å². The lowest BCUT2D eigenvalue weighted by Gasteiger charge is -2.15. The van der Waals surface area contributed by atoms with Gasteiger partial charge in [0.05, 0.1) is 0 Å². The fourth-order valence-corrected chi connectivity index (χ4v) is 1.67. The molecule has 0 aliphatic rings. The lowest BCUT2D eigenvalue weighted by atomic mass is 10.2. The number of rotatable bonds is 4. The second kappa shape index (κ2) is 5.51. The second-order valence-corrected chi connectivity index (χ2v) is 4.29. The van der Waals surface area contributed by atoms with Gasteiger partial charge >= 0.3 is 0 Å². The molecule has 1 aromatic carbocycles. The molecule has 2 N–H and O–H groups in total. The number of H-pyrrole nitrogens is 1. The summed E-state index contributed by atoms with van der Waals surface area (Å²) in [5, 5.41) is 15.8. The molecule has 0 aliphatic carbocycles. The van der Waals surface area contributed by atoms with Crippen LogP contribution in [0, 0.1) is 0 Å². The zero-order valence-electron chi connectivity index (χ0n) is 10.9. The molecule has 0 fully saturated rings. The minimum absolute atomic E-state index is 0.179. The van der Waals surface area contributed by atoms with Gasteiger partial charge in [-0.2, -0.15) is 0 Å². The van der Waals surface area contributed by atoms with Crippen LogP contribution in [0.15, 0.2) is 24.3 Å². The summed E-state index contributed by atoms with van der Waals surface area (Å²) in [6, 6.07) is 6.73. The van der Waals surface area contributed by atoms with Gasteiger partial charge in [0.2, 0.25) is 5.82 Å². The van der Waals surface area contributed by atoms with E-state index in [1.165, 1.54) is 4.90 Å². The van der Waals surface area contributed by atoms with Gasteiger partial charge < -0.3 is 10.0 Å². The fourth-order valence-electron chi connectivity index (χ4n) is 1.67. The molecular formula is C13H16N4O2. The van der Waals surface area contributed by atoms with Crippen LogP contribution >= 0.6 is 0 Å². The molecule has 19 heavy (non-hydrogen) atoms. The van der Waals surface area contributed by atoms with E-state index in [2.05, 4.69) is 15.2 Å². The van der Waals surface area contributed by atoms with Crippen LogP contribution in [0.25, 0.3) is 0 Å². The number of phenols is 1. The van der Waals surface area contributed by atoms with Crippen LogP contribution in [0.2, 0.25) is 0 Å². The van der Waals surface area contributed by atoms with Crippen LogP contribution in [0.3, 0.4) is 0 Å². The summed E-state index contributed by atoms with van der Waals surface area (Å²) in [4.78, 5) is 17.7. The average molecular weight is 260 g/mol. The molecule has 2 aromatic rings. The molecule has 1 heterocycles. The number of benzene rings is 1. The Bertz CT molecular complexity index is 562. The number of aromatic nitrogens is 3. The van der Waals surface area contributed by atoms with Crippen molar-refractivity contribution in [3.63, 3.8) is 0 Å². The number of phenolic OH excluding ortho intramolecular Hbond substituents is 1. The van der Waals surface area contributed by atoms with Crippen LogP contribution in [0.4, 0.5) is 0 Å². The minimum atomic E-state index is -0.232. The highest BCUT2D eigenvalue weighted by Gasteiger charge is 2.16. The lowest BCUT2D eigenvalue weighted by Crippen LogP contribution is -2.27. The van der Waals surface area contributed by atoms with E-state index >= 15 is 0 Å². The normalized spacial score (nSPS) is 10.4. The molecule has 6 heteroatoms. The zero-order chi connectivity index (χ0) is 13.8. The molecule has 0 spiro atoms. The number of hydrogen-bond donors (Lipinski definition) is 2. The number of aromatic amines is 1. The van der Waals surface area contributed by atoms with E-state index in [4.69, 9.17) is 0 Å². The quantitative estimate of drug-likeness (QED) is 0.869. The van der Waals surface area contributed by atoms with Crippen LogP contribution in [-0.2, 0) is 13.0 Å². The molecule has 100 valence electrons. The summed E-state index contributed by atoms with van der Waals surface area (Å²) >= 11 is 0. The molecule has 0 saturated carbocycles. The number of amides is 1. The summed E-state index contributed by atoms with van der Waals surface area (Å²) in [6.07, 6.45) is 0.710. The van der Waals surface area contributed by atoms with Gasteiger partial charge in [0.1, 0.15) is 11.6 Å². The summed E-state index contributed by atoms with van der Waals surface area (Å²) in [7, 11) is 1.69. The SMILES string of the molecule is CCc1nc(C(=O)N(C)Cc2ccc(O)cc2)n[nH]1. The first kappa shape index (κ1) is 13.1. The van der Waals surface area contributed by atoms with Crippen molar-refractivity contribution < 1.29 is 9.90 Å². The topological polar surface area (TPSA) is 82.1 Å². The fraction of sp³-hybridized carbons (Fsp3) is 0.308. The van der Waals surface area contributed by atoms with Crippen molar-refractivity contribution >= 4 is 5.91 Å². The Hall–Kier alpha value is -2.37. The van der Waals surface area contributed by atoms with Crippen LogP contribution in [0.1, 0.15) is 28.9 Å². The maximum absolute atomic E-state index is 12.1. The third kappa shape index (κ3) is 3.09. The molecule has 6 nitrogen and oxygen atoms in total. The Morgan fingerprint density at radius 2 is 2.05 bits per heavy atom. The predicted molar refractivity (Wildman–Crippen MR) is 69.7 cm³/mol. The van der Waals surface area contributed by atoms with Gasteiger partial charge in [-0.15, -0.1) is 5.10 Å². The number of nitrogens with zero attached hydrogens (tertiary/aromatic N) is 3. The third-order valence-electron chi connectivity index (χ3n) is 2.76. The van der Waals surface area contributed by atoms with Gasteiger partial charge in [0, 0.05) is 20.0 Å². The monoisotopic (exact) mass is 260 g/mol. The van der Waals surface area contributed by atoms with Crippen LogP contribution < -0.4 is 0 Å². The number of nitrogens with one attached hydrogen (secondary N) is 1. The number of hydrogen-bond acceptors (Lipinski definition) is 4. The van der Waals surface area contributed by atoms with Gasteiger partial charge in [-0.25, -0.2) is 4.98 Å². The Morgan fingerprint density at radius 1 is 1.37 bits per heavy atom. The molecule has 0 aliphatic heterocycles. The maximum atomic E-state index is 12.1. The van der Waals surface area contributed by atoms with Gasteiger partial charge in [0.25, 0.3) is 5.91 Å². The van der Waals surface area contributed by atoms with E-state index in [0.717, 1.165) is 5.56 Å². The van der Waals surface area contributed by atoms with Crippen molar-refractivity contribution in [2.45, 2.75) is 19.9 Å². The van der Waals surface area contributed by atoms with E-state index in [1.807, 2.05) is 6.92 Å². The van der Waals surface area contributed by atoms with Crippen molar-refractivity contribution in [3.05, 3.63) is 41.5 Å². The molecule has 0 atom stereocenters. The maximum Gasteiger partial charge on any atom is 0.293 e. The third-order valence-corrected chi connectivity index (χ3v) is 2.76. The Balaban J connectivity index is 2.04. The molecule has 2 rings (SSSR count). The first-order valence-corrected chi connectivity index (χ1v) is 6.04. The number of carbonyl (C=O) groups excluding carboxylic acids is 1. The molecule has 1 amide bonds. The predicted octanol–water partition coefficient (Wildman–Crippen LogP) is 1.34. The van der Waals surface area contributed by atoms with Gasteiger partial charge in [-0.1, -0.05) is 19.1 Å². The highest BCUT2D eigenvalue weighted by molar-refractivity contribution is 5.90. The highest BCUT2D eigenvalue weighted by Crippen LogP contribution is 2.11. The molecular weight excluding hydrogens is 244 g/mol. The van der Waals surface area contributed by atoms with Crippen molar-refractivity contribution in [2.75, 3.05) is 7.05 Å². The molecule has 0 radical (unpaired) electrons. The first-order valence-electron chi connectivity index (χ1n) is 6.04. The molecule has 0 saturated heterocycles. The van der Waals surface area contributed by atoms with Crippen molar-refractivity contribution in [2.24, 2.45) is 0 Å². The van der Waals surface area contributed by atoms with E-state index in [1.54, 1.807) is 31.3 Å². The highest BCUT2D eigenvalue weighted by atomic mass is 16.3. The second-order valence-electron chi connectivity index (χ2n) is 4.29. The molecule has 0 bridgehead atoms. The number of carbonyl (C=O) groups is 1. The largest absolute Gasteiger partial charge is 0.508 e. The molecule has 1 aromatic heterocycles. The lowest BCUT2D eigenvalue weighted by molar-refractivity contribution is 0.0773. The summed E-state index contributed by atoms with van der Waals surface area (Å²) in [5.74, 6) is 0.850. The van der Waals surface area contributed by atoms with Gasteiger partial charge in [0.15, 0.2) is 0 Å².